The fraction of sp³-hybridized carbons (Fsp3) is 0. The lowest BCUT2D eigenvalue weighted by atomic mass is 9.97. The molecule has 53 heavy (non-hydrogen) atoms. The van der Waals surface area contributed by atoms with Crippen LogP contribution in [-0.4, -0.2) is 9.55 Å². The Morgan fingerprint density at radius 3 is 1.51 bits per heavy atom. The van der Waals surface area contributed by atoms with Gasteiger partial charge in [-0.25, -0.2) is 4.98 Å². The highest BCUT2D eigenvalue weighted by atomic mass is 16.3. The van der Waals surface area contributed by atoms with Gasteiger partial charge < -0.3 is 8.83 Å². The molecule has 11 aromatic rings. The molecule has 0 atom stereocenters. The summed E-state index contributed by atoms with van der Waals surface area (Å²) >= 11 is 0. The highest BCUT2D eigenvalue weighted by molar-refractivity contribution is 6.15. The summed E-state index contributed by atoms with van der Waals surface area (Å²) in [7, 11) is 0. The number of hydrogen-bond acceptors (Lipinski definition) is 3. The maximum atomic E-state index is 6.31. The molecule has 4 nitrogen and oxygen atoms in total. The molecule has 0 radical (unpaired) electrons. The highest BCUT2D eigenvalue weighted by Crippen LogP contribution is 2.39. The molecule has 0 saturated heterocycles. The van der Waals surface area contributed by atoms with Gasteiger partial charge in [-0.2, -0.15) is 0 Å². The molecule has 0 aliphatic carbocycles. The third kappa shape index (κ3) is 4.88. The van der Waals surface area contributed by atoms with Crippen molar-refractivity contribution in [1.82, 2.24) is 9.55 Å². The van der Waals surface area contributed by atoms with Gasteiger partial charge in [-0.05, 0) is 88.0 Å². The second-order valence-corrected chi connectivity index (χ2v) is 13.6. The summed E-state index contributed by atoms with van der Waals surface area (Å²) in [5, 5.41) is 4.32. The van der Waals surface area contributed by atoms with E-state index in [9.17, 15) is 0 Å². The summed E-state index contributed by atoms with van der Waals surface area (Å²) in [5.41, 5.74) is 14.7. The Kier molecular flexibility index (Phi) is 6.52. The van der Waals surface area contributed by atoms with Gasteiger partial charge in [0.05, 0.1) is 11.0 Å². The van der Waals surface area contributed by atoms with Crippen LogP contribution < -0.4 is 0 Å². The summed E-state index contributed by atoms with van der Waals surface area (Å²) in [4.78, 5) is 5.15. The van der Waals surface area contributed by atoms with Crippen LogP contribution in [0.3, 0.4) is 0 Å². The molecule has 0 spiro atoms. The first-order chi connectivity index (χ1) is 26.2. The van der Waals surface area contributed by atoms with Gasteiger partial charge in [0.15, 0.2) is 0 Å². The molecule has 3 heterocycles. The van der Waals surface area contributed by atoms with Crippen molar-refractivity contribution >= 4 is 54.9 Å². The summed E-state index contributed by atoms with van der Waals surface area (Å²) in [6.07, 6.45) is 0. The predicted molar refractivity (Wildman–Crippen MR) is 217 cm³/mol. The monoisotopic (exact) mass is 678 g/mol. The molecule has 0 N–H and O–H groups in total. The van der Waals surface area contributed by atoms with Gasteiger partial charge >= 0.3 is 0 Å². The summed E-state index contributed by atoms with van der Waals surface area (Å²) in [5.74, 6) is 0.935. The molecule has 0 unspecified atom stereocenters. The van der Waals surface area contributed by atoms with E-state index >= 15 is 0 Å². The molecule has 0 aliphatic heterocycles. The molecule has 0 aliphatic rings. The van der Waals surface area contributed by atoms with Gasteiger partial charge in [0.25, 0.3) is 0 Å². The first kappa shape index (κ1) is 29.5. The lowest BCUT2D eigenvalue weighted by molar-refractivity contribution is 0.664. The van der Waals surface area contributed by atoms with Crippen LogP contribution in [0.15, 0.2) is 191 Å². The summed E-state index contributed by atoms with van der Waals surface area (Å²) in [6, 6.07) is 63.8. The first-order valence-electron chi connectivity index (χ1n) is 17.9. The molecule has 3 aromatic heterocycles. The molecule has 248 valence electrons. The van der Waals surface area contributed by atoms with Crippen molar-refractivity contribution in [1.29, 1.82) is 0 Å². The van der Waals surface area contributed by atoms with E-state index in [1.165, 1.54) is 11.1 Å². The number of para-hydroxylation sites is 2. The maximum absolute atomic E-state index is 6.31. The van der Waals surface area contributed by atoms with E-state index in [2.05, 4.69) is 156 Å². The molecule has 0 saturated carbocycles. The lowest BCUT2D eigenvalue weighted by Gasteiger charge is -2.10. The van der Waals surface area contributed by atoms with Crippen molar-refractivity contribution in [3.05, 3.63) is 182 Å². The van der Waals surface area contributed by atoms with Crippen LogP contribution in [0.25, 0.3) is 105 Å². The Morgan fingerprint density at radius 2 is 0.830 bits per heavy atom. The lowest BCUT2D eigenvalue weighted by Crippen LogP contribution is -1.97. The average Bonchev–Trinajstić information content (AvgIpc) is 3.91. The van der Waals surface area contributed by atoms with Gasteiger partial charge in [-0.1, -0.05) is 127 Å². The minimum atomic E-state index is 0.869. The zero-order chi connectivity index (χ0) is 34.9. The average molecular weight is 679 g/mol. The normalized spacial score (nSPS) is 11.8. The second-order valence-electron chi connectivity index (χ2n) is 13.6. The van der Waals surface area contributed by atoms with E-state index in [0.29, 0.717) is 0 Å². The number of fused-ring (bicyclic) bond motifs is 7. The molecule has 0 fully saturated rings. The van der Waals surface area contributed by atoms with E-state index in [1.54, 1.807) is 0 Å². The van der Waals surface area contributed by atoms with Crippen LogP contribution in [0, 0.1) is 0 Å². The molecule has 0 bridgehead atoms. The van der Waals surface area contributed by atoms with Crippen molar-refractivity contribution in [3.63, 3.8) is 0 Å². The standard InChI is InChI=1S/C49H30N2O2/c1-3-9-35(10-4-1)49-50-43-28-37(23-25-44(43)51(49)38-11-5-2-6-12-38)34-21-17-32(18-22-34)31-15-19-33(20-16-31)36-24-26-46-40(27-36)42-30-47-41(29-48(42)53-46)39-13-7-8-14-45(39)52-47/h1-30H. The zero-order valence-corrected chi connectivity index (χ0v) is 28.5. The minimum absolute atomic E-state index is 0.869. The van der Waals surface area contributed by atoms with Crippen LogP contribution in [0.5, 0.6) is 0 Å². The van der Waals surface area contributed by atoms with Crippen molar-refractivity contribution < 1.29 is 8.83 Å². The van der Waals surface area contributed by atoms with Crippen LogP contribution in [0.4, 0.5) is 0 Å². The SMILES string of the molecule is c1ccc(-c2nc3cc(-c4ccc(-c5ccc(-c6ccc7oc8cc9c(cc8c7c6)oc6ccccc69)cc5)cc4)ccc3n2-c2ccccc2)cc1. The minimum Gasteiger partial charge on any atom is -0.456 e. The Bertz CT molecular complexity index is 3130. The quantitative estimate of drug-likeness (QED) is 0.182. The van der Waals surface area contributed by atoms with Crippen LogP contribution in [0.2, 0.25) is 0 Å². The molecular formula is C49H30N2O2. The van der Waals surface area contributed by atoms with E-state index < -0.39 is 0 Å². The third-order valence-electron chi connectivity index (χ3n) is 10.4. The number of nitrogens with zero attached hydrogens (tertiary/aromatic N) is 2. The number of rotatable bonds is 5. The summed E-state index contributed by atoms with van der Waals surface area (Å²) in [6.45, 7) is 0. The van der Waals surface area contributed by atoms with Gasteiger partial charge in [-0.15, -0.1) is 0 Å². The van der Waals surface area contributed by atoms with E-state index in [4.69, 9.17) is 13.8 Å². The van der Waals surface area contributed by atoms with Crippen LogP contribution in [0.1, 0.15) is 0 Å². The van der Waals surface area contributed by atoms with Gasteiger partial charge in [0, 0.05) is 32.8 Å². The van der Waals surface area contributed by atoms with E-state index in [-0.39, 0.29) is 0 Å². The predicted octanol–water partition coefficient (Wildman–Crippen LogP) is 13.5. The number of hydrogen-bond donors (Lipinski definition) is 0. The molecule has 4 heteroatoms. The summed E-state index contributed by atoms with van der Waals surface area (Å²) < 4.78 is 14.7. The highest BCUT2D eigenvalue weighted by Gasteiger charge is 2.16. The molecule has 8 aromatic carbocycles. The Hall–Kier alpha value is -7.17. The third-order valence-corrected chi connectivity index (χ3v) is 10.4. The topological polar surface area (TPSA) is 44.1 Å². The van der Waals surface area contributed by atoms with E-state index in [1.807, 2.05) is 30.3 Å². The van der Waals surface area contributed by atoms with Crippen LogP contribution >= 0.6 is 0 Å². The first-order valence-corrected chi connectivity index (χ1v) is 17.9. The molecule has 11 rings (SSSR count). The Morgan fingerprint density at radius 1 is 0.340 bits per heavy atom. The fourth-order valence-corrected chi connectivity index (χ4v) is 7.76. The van der Waals surface area contributed by atoms with Crippen molar-refractivity contribution in [2.45, 2.75) is 0 Å². The molecular weight excluding hydrogens is 649 g/mol. The van der Waals surface area contributed by atoms with Crippen molar-refractivity contribution in [3.8, 4) is 50.5 Å². The van der Waals surface area contributed by atoms with Gasteiger partial charge in [0.1, 0.15) is 28.2 Å². The number of furan rings is 2. The van der Waals surface area contributed by atoms with Gasteiger partial charge in [0.2, 0.25) is 0 Å². The maximum Gasteiger partial charge on any atom is 0.145 e. The molecule has 0 amide bonds. The number of benzene rings is 8. The number of imidazole rings is 1. The number of aromatic nitrogens is 2. The van der Waals surface area contributed by atoms with Crippen LogP contribution in [-0.2, 0) is 0 Å². The van der Waals surface area contributed by atoms with Gasteiger partial charge in [-0.3, -0.25) is 4.57 Å². The van der Waals surface area contributed by atoms with Crippen molar-refractivity contribution in [2.24, 2.45) is 0 Å². The van der Waals surface area contributed by atoms with E-state index in [0.717, 1.165) is 94.2 Å². The smallest absolute Gasteiger partial charge is 0.145 e. The van der Waals surface area contributed by atoms with Crippen molar-refractivity contribution in [2.75, 3.05) is 0 Å². The second kappa shape index (κ2) is 11.7. The Labute approximate surface area is 304 Å². The fourth-order valence-electron chi connectivity index (χ4n) is 7.76. The zero-order valence-electron chi connectivity index (χ0n) is 28.5. The largest absolute Gasteiger partial charge is 0.456 e. The Balaban J connectivity index is 0.893.